The van der Waals surface area contributed by atoms with Crippen LogP contribution in [0.25, 0.3) is 0 Å². The number of hydrogen-bond donors (Lipinski definition) is 1. The molecule has 0 saturated heterocycles. The molecular formula is C11H25NO. The lowest BCUT2D eigenvalue weighted by Crippen LogP contribution is -2.27. The van der Waals surface area contributed by atoms with Crippen molar-refractivity contribution in [3.8, 4) is 0 Å². The van der Waals surface area contributed by atoms with Crippen LogP contribution in [0.1, 0.15) is 40.5 Å². The maximum absolute atomic E-state index is 5.70. The average molecular weight is 187 g/mol. The van der Waals surface area contributed by atoms with E-state index in [9.17, 15) is 0 Å². The van der Waals surface area contributed by atoms with Crippen molar-refractivity contribution in [2.24, 2.45) is 5.92 Å². The molecule has 2 heteroatoms. The Morgan fingerprint density at radius 3 is 2.46 bits per heavy atom. The summed E-state index contributed by atoms with van der Waals surface area (Å²) in [6, 6.07) is 0. The first-order valence-electron chi connectivity index (χ1n) is 5.53. The summed E-state index contributed by atoms with van der Waals surface area (Å²) in [5.74, 6) is 0.703. The molecule has 0 aromatic rings. The molecule has 0 fully saturated rings. The third-order valence-corrected chi connectivity index (χ3v) is 2.13. The fourth-order valence-corrected chi connectivity index (χ4v) is 1.31. The van der Waals surface area contributed by atoms with Gasteiger partial charge in [-0.2, -0.15) is 0 Å². The predicted octanol–water partition coefficient (Wildman–Crippen LogP) is 2.44. The van der Waals surface area contributed by atoms with Crippen LogP contribution in [0.5, 0.6) is 0 Å². The van der Waals surface area contributed by atoms with Gasteiger partial charge in [0, 0.05) is 13.2 Å². The first-order valence-corrected chi connectivity index (χ1v) is 5.53. The zero-order valence-corrected chi connectivity index (χ0v) is 9.60. The van der Waals surface area contributed by atoms with Gasteiger partial charge in [-0.25, -0.2) is 0 Å². The second kappa shape index (κ2) is 8.52. The van der Waals surface area contributed by atoms with E-state index in [1.54, 1.807) is 0 Å². The number of hydrogen-bond acceptors (Lipinski definition) is 2. The van der Waals surface area contributed by atoms with E-state index in [2.05, 4.69) is 33.0 Å². The summed E-state index contributed by atoms with van der Waals surface area (Å²) >= 11 is 0. The van der Waals surface area contributed by atoms with Crippen LogP contribution in [-0.4, -0.2) is 25.8 Å². The van der Waals surface area contributed by atoms with Crippen molar-refractivity contribution >= 4 is 0 Å². The molecular weight excluding hydrogens is 162 g/mol. The van der Waals surface area contributed by atoms with Crippen LogP contribution in [0.2, 0.25) is 0 Å². The summed E-state index contributed by atoms with van der Waals surface area (Å²) in [4.78, 5) is 0. The van der Waals surface area contributed by atoms with E-state index in [1.165, 1.54) is 12.8 Å². The Kier molecular flexibility index (Phi) is 8.46. The summed E-state index contributed by atoms with van der Waals surface area (Å²) in [6.45, 7) is 11.6. The lowest BCUT2D eigenvalue weighted by Gasteiger charge is -2.16. The van der Waals surface area contributed by atoms with Gasteiger partial charge in [0.25, 0.3) is 0 Å². The molecule has 1 N–H and O–H groups in total. The molecule has 0 bridgehead atoms. The van der Waals surface area contributed by atoms with Gasteiger partial charge in [0.1, 0.15) is 0 Å². The van der Waals surface area contributed by atoms with Crippen molar-refractivity contribution in [3.63, 3.8) is 0 Å². The number of rotatable bonds is 8. The van der Waals surface area contributed by atoms with Crippen molar-refractivity contribution in [1.29, 1.82) is 0 Å². The number of likely N-dealkylation sites (N-methyl/N-ethyl adjacent to an activating group) is 1. The highest BCUT2D eigenvalue weighted by Gasteiger charge is 2.04. The van der Waals surface area contributed by atoms with E-state index in [1.807, 2.05) is 0 Å². The normalized spacial score (nSPS) is 15.7. The molecule has 0 aliphatic heterocycles. The molecule has 0 radical (unpaired) electrons. The van der Waals surface area contributed by atoms with Gasteiger partial charge in [0.05, 0.1) is 6.10 Å². The standard InChI is InChI=1S/C11H25NO/c1-5-7-10(3)9-13-11(4)8-12-6-2/h10-12H,5-9H2,1-4H3. The molecule has 0 aromatic carbocycles. The van der Waals surface area contributed by atoms with Crippen LogP contribution in [-0.2, 0) is 4.74 Å². The van der Waals surface area contributed by atoms with Crippen molar-refractivity contribution in [2.75, 3.05) is 19.7 Å². The van der Waals surface area contributed by atoms with E-state index >= 15 is 0 Å². The Labute approximate surface area is 83.1 Å². The van der Waals surface area contributed by atoms with E-state index in [0.29, 0.717) is 12.0 Å². The molecule has 0 aliphatic rings. The van der Waals surface area contributed by atoms with Crippen LogP contribution >= 0.6 is 0 Å². The molecule has 0 amide bonds. The molecule has 0 aromatic heterocycles. The van der Waals surface area contributed by atoms with Gasteiger partial charge >= 0.3 is 0 Å². The SMILES string of the molecule is CCCC(C)COC(C)CNCC. The Morgan fingerprint density at radius 1 is 1.23 bits per heavy atom. The Balaban J connectivity index is 3.29. The quantitative estimate of drug-likeness (QED) is 0.630. The molecule has 2 atom stereocenters. The van der Waals surface area contributed by atoms with Gasteiger partial charge in [-0.3, -0.25) is 0 Å². The highest BCUT2D eigenvalue weighted by atomic mass is 16.5. The maximum atomic E-state index is 5.70. The van der Waals surface area contributed by atoms with Gasteiger partial charge < -0.3 is 10.1 Å². The molecule has 0 rings (SSSR count). The Hall–Kier alpha value is -0.0800. The Morgan fingerprint density at radius 2 is 1.92 bits per heavy atom. The molecule has 0 aliphatic carbocycles. The summed E-state index contributed by atoms with van der Waals surface area (Å²) in [5, 5.41) is 3.28. The van der Waals surface area contributed by atoms with E-state index in [0.717, 1.165) is 19.7 Å². The van der Waals surface area contributed by atoms with E-state index < -0.39 is 0 Å². The van der Waals surface area contributed by atoms with Gasteiger partial charge in [0.15, 0.2) is 0 Å². The minimum Gasteiger partial charge on any atom is -0.377 e. The first kappa shape index (κ1) is 12.9. The average Bonchev–Trinajstić information content (AvgIpc) is 2.12. The van der Waals surface area contributed by atoms with E-state index in [-0.39, 0.29) is 0 Å². The smallest absolute Gasteiger partial charge is 0.0671 e. The summed E-state index contributed by atoms with van der Waals surface area (Å²) in [7, 11) is 0. The molecule has 80 valence electrons. The van der Waals surface area contributed by atoms with Crippen molar-refractivity contribution in [3.05, 3.63) is 0 Å². The minimum atomic E-state index is 0.347. The monoisotopic (exact) mass is 187 g/mol. The molecule has 2 nitrogen and oxygen atoms in total. The van der Waals surface area contributed by atoms with Crippen LogP contribution < -0.4 is 5.32 Å². The predicted molar refractivity (Wildman–Crippen MR) is 58.0 cm³/mol. The number of nitrogens with one attached hydrogen (secondary N) is 1. The zero-order chi connectivity index (χ0) is 10.1. The number of ether oxygens (including phenoxy) is 1. The van der Waals surface area contributed by atoms with E-state index in [4.69, 9.17) is 4.74 Å². The third kappa shape index (κ3) is 8.26. The molecule has 13 heavy (non-hydrogen) atoms. The van der Waals surface area contributed by atoms with Gasteiger partial charge in [-0.15, -0.1) is 0 Å². The third-order valence-electron chi connectivity index (χ3n) is 2.13. The summed E-state index contributed by atoms with van der Waals surface area (Å²) in [6.07, 6.45) is 2.87. The minimum absolute atomic E-state index is 0.347. The fraction of sp³-hybridized carbons (Fsp3) is 1.00. The summed E-state index contributed by atoms with van der Waals surface area (Å²) in [5.41, 5.74) is 0. The van der Waals surface area contributed by atoms with Gasteiger partial charge in [-0.05, 0) is 25.8 Å². The zero-order valence-electron chi connectivity index (χ0n) is 9.60. The Bertz CT molecular complexity index is 106. The largest absolute Gasteiger partial charge is 0.377 e. The van der Waals surface area contributed by atoms with Crippen molar-refractivity contribution in [1.82, 2.24) is 5.32 Å². The topological polar surface area (TPSA) is 21.3 Å². The second-order valence-electron chi connectivity index (χ2n) is 3.85. The highest BCUT2D eigenvalue weighted by Crippen LogP contribution is 2.06. The molecule has 0 spiro atoms. The van der Waals surface area contributed by atoms with Gasteiger partial charge in [-0.1, -0.05) is 27.2 Å². The fourth-order valence-electron chi connectivity index (χ4n) is 1.31. The van der Waals surface area contributed by atoms with Crippen molar-refractivity contribution in [2.45, 2.75) is 46.6 Å². The lowest BCUT2D eigenvalue weighted by atomic mass is 10.1. The van der Waals surface area contributed by atoms with Crippen LogP contribution in [0.15, 0.2) is 0 Å². The molecule has 0 heterocycles. The molecule has 0 saturated carbocycles. The maximum Gasteiger partial charge on any atom is 0.0671 e. The van der Waals surface area contributed by atoms with Crippen molar-refractivity contribution < 1.29 is 4.74 Å². The highest BCUT2D eigenvalue weighted by molar-refractivity contribution is 4.56. The first-order chi connectivity index (χ1) is 6.20. The van der Waals surface area contributed by atoms with Gasteiger partial charge in [0.2, 0.25) is 0 Å². The van der Waals surface area contributed by atoms with Crippen LogP contribution in [0.3, 0.4) is 0 Å². The van der Waals surface area contributed by atoms with Crippen LogP contribution in [0.4, 0.5) is 0 Å². The molecule has 2 unspecified atom stereocenters. The van der Waals surface area contributed by atoms with Crippen LogP contribution in [0, 0.1) is 5.92 Å². The lowest BCUT2D eigenvalue weighted by molar-refractivity contribution is 0.0425. The second-order valence-corrected chi connectivity index (χ2v) is 3.85. The summed E-state index contributed by atoms with van der Waals surface area (Å²) < 4.78 is 5.70.